The second-order valence-electron chi connectivity index (χ2n) is 4.93. The summed E-state index contributed by atoms with van der Waals surface area (Å²) in [5.74, 6) is 0. The fraction of sp³-hybridized carbons (Fsp3) is 0.750. The van der Waals surface area contributed by atoms with Crippen LogP contribution in [0.1, 0.15) is 43.1 Å². The van der Waals surface area contributed by atoms with Gasteiger partial charge in [0.2, 0.25) is 0 Å². The van der Waals surface area contributed by atoms with Gasteiger partial charge in [-0.05, 0) is 25.7 Å². The van der Waals surface area contributed by atoms with Gasteiger partial charge in [0.25, 0.3) is 0 Å². The van der Waals surface area contributed by atoms with Gasteiger partial charge in [-0.25, -0.2) is 4.98 Å². The normalized spacial score (nSPS) is 30.1. The van der Waals surface area contributed by atoms with Crippen molar-refractivity contribution in [2.75, 3.05) is 6.54 Å². The maximum Gasteiger partial charge on any atom is 0.0954 e. The third-order valence-electron chi connectivity index (χ3n) is 3.87. The van der Waals surface area contributed by atoms with Gasteiger partial charge in [0.05, 0.1) is 18.1 Å². The fourth-order valence-electron chi connectivity index (χ4n) is 2.91. The molecule has 1 aromatic rings. The van der Waals surface area contributed by atoms with Crippen LogP contribution in [0.25, 0.3) is 0 Å². The number of hydrogen-bond donors (Lipinski definition) is 2. The van der Waals surface area contributed by atoms with E-state index in [1.54, 1.807) is 0 Å². The number of aromatic nitrogens is 2. The quantitative estimate of drug-likeness (QED) is 0.744. The molecule has 0 unspecified atom stereocenters. The third kappa shape index (κ3) is 1.76. The van der Waals surface area contributed by atoms with E-state index < -0.39 is 0 Å². The van der Waals surface area contributed by atoms with Crippen molar-refractivity contribution in [2.24, 2.45) is 0 Å². The Bertz CT molecular complexity index is 366. The van der Waals surface area contributed by atoms with Crippen molar-refractivity contribution >= 4 is 0 Å². The summed E-state index contributed by atoms with van der Waals surface area (Å²) in [6.45, 7) is 1.98. The largest absolute Gasteiger partial charge is 0.393 e. The molecule has 0 atom stereocenters. The lowest BCUT2D eigenvalue weighted by atomic mass is 9.92. The molecule has 1 aliphatic carbocycles. The zero-order chi connectivity index (χ0) is 11.0. The number of nitrogens with one attached hydrogen (secondary N) is 1. The Morgan fingerprint density at radius 1 is 1.31 bits per heavy atom. The highest BCUT2D eigenvalue weighted by Gasteiger charge is 2.24. The summed E-state index contributed by atoms with van der Waals surface area (Å²) >= 11 is 0. The van der Waals surface area contributed by atoms with Crippen molar-refractivity contribution in [1.82, 2.24) is 14.9 Å². The summed E-state index contributed by atoms with van der Waals surface area (Å²) in [5, 5.41) is 12.9. The Hall–Kier alpha value is -0.870. The summed E-state index contributed by atoms with van der Waals surface area (Å²) in [4.78, 5) is 4.49. The van der Waals surface area contributed by atoms with Gasteiger partial charge in [0.15, 0.2) is 0 Å². The lowest BCUT2D eigenvalue weighted by Crippen LogP contribution is -2.27. The first-order valence-electron chi connectivity index (χ1n) is 6.28. The van der Waals surface area contributed by atoms with Gasteiger partial charge in [-0.3, -0.25) is 0 Å². The van der Waals surface area contributed by atoms with E-state index in [1.165, 1.54) is 11.4 Å². The molecule has 0 saturated heterocycles. The van der Waals surface area contributed by atoms with Crippen molar-refractivity contribution in [3.05, 3.63) is 17.7 Å². The van der Waals surface area contributed by atoms with Crippen LogP contribution in [-0.2, 0) is 13.0 Å². The van der Waals surface area contributed by atoms with Crippen LogP contribution in [0.5, 0.6) is 0 Å². The van der Waals surface area contributed by atoms with Crippen LogP contribution in [0.4, 0.5) is 0 Å². The van der Waals surface area contributed by atoms with Crippen LogP contribution in [0.3, 0.4) is 0 Å². The number of fused-ring (bicyclic) bond motifs is 1. The molecule has 1 fully saturated rings. The average Bonchev–Trinajstić information content (AvgIpc) is 2.74. The summed E-state index contributed by atoms with van der Waals surface area (Å²) in [6, 6.07) is 0.567. The molecule has 2 N–H and O–H groups in total. The standard InChI is InChI=1S/C12H19N3O/c16-10-3-1-9(2-4-10)15-8-14-11-7-13-6-5-12(11)15/h8-10,13,16H,1-7H2. The first kappa shape index (κ1) is 10.3. The number of aliphatic hydroxyl groups excluding tert-OH is 1. The molecular weight excluding hydrogens is 202 g/mol. The molecule has 1 saturated carbocycles. The van der Waals surface area contributed by atoms with Gasteiger partial charge < -0.3 is 15.0 Å². The molecule has 0 amide bonds. The number of imidazole rings is 1. The molecule has 4 nitrogen and oxygen atoms in total. The van der Waals surface area contributed by atoms with Crippen molar-refractivity contribution in [3.63, 3.8) is 0 Å². The van der Waals surface area contributed by atoms with E-state index in [2.05, 4.69) is 14.9 Å². The summed E-state index contributed by atoms with van der Waals surface area (Å²) in [5.41, 5.74) is 2.64. The summed E-state index contributed by atoms with van der Waals surface area (Å²) in [6.07, 6.45) is 7.09. The van der Waals surface area contributed by atoms with E-state index in [4.69, 9.17) is 0 Å². The summed E-state index contributed by atoms with van der Waals surface area (Å²) in [7, 11) is 0. The van der Waals surface area contributed by atoms with Gasteiger partial charge in [-0.1, -0.05) is 0 Å². The molecule has 0 aromatic carbocycles. The molecule has 1 aromatic heterocycles. The van der Waals surface area contributed by atoms with Gasteiger partial charge in [-0.15, -0.1) is 0 Å². The van der Waals surface area contributed by atoms with Gasteiger partial charge in [-0.2, -0.15) is 0 Å². The molecular formula is C12H19N3O. The maximum atomic E-state index is 9.53. The zero-order valence-electron chi connectivity index (χ0n) is 9.52. The number of rotatable bonds is 1. The molecule has 2 heterocycles. The van der Waals surface area contributed by atoms with Crippen molar-refractivity contribution in [2.45, 2.75) is 50.8 Å². The topological polar surface area (TPSA) is 50.1 Å². The predicted octanol–water partition coefficient (Wildman–Crippen LogP) is 1.00. The van der Waals surface area contributed by atoms with Crippen LogP contribution in [-0.4, -0.2) is 27.3 Å². The van der Waals surface area contributed by atoms with Crippen molar-refractivity contribution in [1.29, 1.82) is 0 Å². The Balaban J connectivity index is 1.81. The average molecular weight is 221 g/mol. The van der Waals surface area contributed by atoms with E-state index >= 15 is 0 Å². The van der Waals surface area contributed by atoms with E-state index in [9.17, 15) is 5.11 Å². The van der Waals surface area contributed by atoms with Gasteiger partial charge in [0.1, 0.15) is 0 Å². The van der Waals surface area contributed by atoms with E-state index in [-0.39, 0.29) is 6.10 Å². The maximum absolute atomic E-state index is 9.53. The molecule has 2 aliphatic rings. The van der Waals surface area contributed by atoms with Gasteiger partial charge in [0, 0.05) is 31.2 Å². The minimum atomic E-state index is -0.0720. The molecule has 0 bridgehead atoms. The van der Waals surface area contributed by atoms with E-state index in [0.29, 0.717) is 6.04 Å². The highest BCUT2D eigenvalue weighted by molar-refractivity contribution is 5.17. The SMILES string of the molecule is OC1CCC(n2cnc3c2CCNC3)CC1. The summed E-state index contributed by atoms with van der Waals surface area (Å²) < 4.78 is 2.36. The van der Waals surface area contributed by atoms with E-state index in [1.807, 2.05) is 6.33 Å². The first-order chi connectivity index (χ1) is 7.84. The minimum absolute atomic E-state index is 0.0720. The van der Waals surface area contributed by atoms with Crippen LogP contribution < -0.4 is 5.32 Å². The Kier molecular flexibility index (Phi) is 2.69. The number of aliphatic hydroxyl groups is 1. The van der Waals surface area contributed by atoms with E-state index in [0.717, 1.165) is 45.2 Å². The molecule has 1 aliphatic heterocycles. The first-order valence-corrected chi connectivity index (χ1v) is 6.28. The Labute approximate surface area is 95.7 Å². The lowest BCUT2D eigenvalue weighted by molar-refractivity contribution is 0.110. The smallest absolute Gasteiger partial charge is 0.0954 e. The zero-order valence-corrected chi connectivity index (χ0v) is 9.52. The molecule has 4 heteroatoms. The molecule has 16 heavy (non-hydrogen) atoms. The lowest BCUT2D eigenvalue weighted by Gasteiger charge is -2.28. The molecule has 3 rings (SSSR count). The predicted molar refractivity (Wildman–Crippen MR) is 61.1 cm³/mol. The number of hydrogen-bond acceptors (Lipinski definition) is 3. The Morgan fingerprint density at radius 2 is 2.12 bits per heavy atom. The van der Waals surface area contributed by atoms with Crippen molar-refractivity contribution < 1.29 is 5.11 Å². The van der Waals surface area contributed by atoms with Crippen LogP contribution >= 0.6 is 0 Å². The molecule has 0 radical (unpaired) electrons. The van der Waals surface area contributed by atoms with Crippen LogP contribution in [0.2, 0.25) is 0 Å². The highest BCUT2D eigenvalue weighted by atomic mass is 16.3. The minimum Gasteiger partial charge on any atom is -0.393 e. The Morgan fingerprint density at radius 3 is 2.94 bits per heavy atom. The molecule has 88 valence electrons. The monoisotopic (exact) mass is 221 g/mol. The van der Waals surface area contributed by atoms with Crippen molar-refractivity contribution in [3.8, 4) is 0 Å². The van der Waals surface area contributed by atoms with Gasteiger partial charge >= 0.3 is 0 Å². The van der Waals surface area contributed by atoms with Crippen LogP contribution in [0, 0.1) is 0 Å². The van der Waals surface area contributed by atoms with Crippen LogP contribution in [0.15, 0.2) is 6.33 Å². The number of nitrogens with zero attached hydrogens (tertiary/aromatic N) is 2. The highest BCUT2D eigenvalue weighted by Crippen LogP contribution is 2.30. The fourth-order valence-corrected chi connectivity index (χ4v) is 2.91. The second kappa shape index (κ2) is 4.18. The second-order valence-corrected chi connectivity index (χ2v) is 4.93. The third-order valence-corrected chi connectivity index (χ3v) is 3.87. The molecule has 0 spiro atoms.